The fourth-order valence-corrected chi connectivity index (χ4v) is 4.00. The Balaban J connectivity index is 2.21. The van der Waals surface area contributed by atoms with Crippen LogP contribution in [0.3, 0.4) is 0 Å². The summed E-state index contributed by atoms with van der Waals surface area (Å²) in [7, 11) is -3.78. The third-order valence-corrected chi connectivity index (χ3v) is 5.25. The number of hydrogen-bond acceptors (Lipinski definition) is 5. The molecule has 19 heavy (non-hydrogen) atoms. The van der Waals surface area contributed by atoms with E-state index in [2.05, 4.69) is 5.32 Å². The van der Waals surface area contributed by atoms with E-state index in [1.807, 2.05) is 6.92 Å². The maximum Gasteiger partial charge on any atom is 0.261 e. The number of sulfonamides is 1. The number of rotatable bonds is 3. The lowest BCUT2D eigenvalue weighted by molar-refractivity contribution is 0.0894. The van der Waals surface area contributed by atoms with Gasteiger partial charge >= 0.3 is 0 Å². The normalized spacial score (nSPS) is 23.5. The Morgan fingerprint density at radius 2 is 2.26 bits per heavy atom. The van der Waals surface area contributed by atoms with E-state index in [9.17, 15) is 13.2 Å². The fraction of sp³-hybridized carbons (Fsp3) is 0.545. The summed E-state index contributed by atoms with van der Waals surface area (Å²) in [6, 6.07) is 1.32. The number of nitrogens with one attached hydrogen (secondary N) is 1. The fourth-order valence-electron chi connectivity index (χ4n) is 1.96. The summed E-state index contributed by atoms with van der Waals surface area (Å²) in [6.07, 6.45) is 0.741. The van der Waals surface area contributed by atoms with Gasteiger partial charge in [0.25, 0.3) is 5.91 Å². The molecule has 6 nitrogen and oxygen atoms in total. The van der Waals surface area contributed by atoms with Crippen molar-refractivity contribution in [1.82, 2.24) is 5.32 Å². The number of thiophene rings is 1. The Bertz CT molecular complexity index is 600. The third kappa shape index (κ3) is 3.14. The molecule has 1 unspecified atom stereocenters. The van der Waals surface area contributed by atoms with Crippen molar-refractivity contribution in [3.8, 4) is 0 Å². The van der Waals surface area contributed by atoms with Crippen molar-refractivity contribution in [1.29, 1.82) is 0 Å². The average Bonchev–Trinajstić information content (AvgIpc) is 2.84. The molecule has 2 rings (SSSR count). The number of carbonyl (C=O) groups is 1. The van der Waals surface area contributed by atoms with Crippen molar-refractivity contribution in [3.63, 3.8) is 0 Å². The highest BCUT2D eigenvalue weighted by Gasteiger charge is 2.32. The summed E-state index contributed by atoms with van der Waals surface area (Å²) >= 11 is 1.12. The Morgan fingerprint density at radius 1 is 1.58 bits per heavy atom. The molecule has 0 aromatic carbocycles. The van der Waals surface area contributed by atoms with Crippen molar-refractivity contribution in [2.24, 2.45) is 5.14 Å². The first kappa shape index (κ1) is 14.4. The molecule has 2 heterocycles. The highest BCUT2D eigenvalue weighted by molar-refractivity contribution is 7.89. The van der Waals surface area contributed by atoms with Gasteiger partial charge in [-0.25, -0.2) is 13.6 Å². The van der Waals surface area contributed by atoms with Crippen LogP contribution in [-0.2, 0) is 14.8 Å². The molecule has 3 N–H and O–H groups in total. The van der Waals surface area contributed by atoms with Gasteiger partial charge in [-0.2, -0.15) is 0 Å². The highest BCUT2D eigenvalue weighted by Crippen LogP contribution is 2.26. The SMILES string of the molecule is Cc1sc(C(=O)NC2(C)CCOC2)cc1S(N)(=O)=O. The van der Waals surface area contributed by atoms with E-state index in [0.29, 0.717) is 23.0 Å². The van der Waals surface area contributed by atoms with Crippen LogP contribution in [0, 0.1) is 6.92 Å². The van der Waals surface area contributed by atoms with Crippen LogP contribution in [0.15, 0.2) is 11.0 Å². The predicted octanol–water partition coefficient (Wildman–Crippen LogP) is 0.613. The molecular formula is C11H16N2O4S2. The van der Waals surface area contributed by atoms with Gasteiger partial charge in [0, 0.05) is 11.5 Å². The molecule has 1 aromatic heterocycles. The van der Waals surface area contributed by atoms with Crippen LogP contribution >= 0.6 is 11.3 Å². The lowest BCUT2D eigenvalue weighted by atomic mass is 10.0. The van der Waals surface area contributed by atoms with E-state index in [0.717, 1.165) is 17.8 Å². The van der Waals surface area contributed by atoms with Gasteiger partial charge in [-0.3, -0.25) is 4.79 Å². The molecule has 106 valence electrons. The smallest absolute Gasteiger partial charge is 0.261 e. The Hall–Kier alpha value is -0.960. The molecule has 1 amide bonds. The molecule has 1 aliphatic heterocycles. The minimum absolute atomic E-state index is 0.00970. The zero-order valence-corrected chi connectivity index (χ0v) is 12.4. The maximum absolute atomic E-state index is 12.1. The summed E-state index contributed by atoms with van der Waals surface area (Å²) in [5.41, 5.74) is -0.392. The molecule has 0 radical (unpaired) electrons. The number of ether oxygens (including phenoxy) is 1. The lowest BCUT2D eigenvalue weighted by Crippen LogP contribution is -2.46. The van der Waals surface area contributed by atoms with E-state index in [4.69, 9.17) is 9.88 Å². The number of amides is 1. The molecule has 0 aliphatic carbocycles. The summed E-state index contributed by atoms with van der Waals surface area (Å²) in [6.45, 7) is 4.61. The van der Waals surface area contributed by atoms with Gasteiger partial charge in [-0.15, -0.1) is 11.3 Å². The van der Waals surface area contributed by atoms with E-state index in [-0.39, 0.29) is 10.8 Å². The van der Waals surface area contributed by atoms with Crippen molar-refractivity contribution in [2.45, 2.75) is 30.7 Å². The molecule has 1 saturated heterocycles. The topological polar surface area (TPSA) is 98.5 Å². The zero-order chi connectivity index (χ0) is 14.3. The predicted molar refractivity (Wildman–Crippen MR) is 71.7 cm³/mol. The largest absolute Gasteiger partial charge is 0.379 e. The number of carbonyl (C=O) groups excluding carboxylic acids is 1. The molecule has 1 aromatic rings. The Kier molecular flexibility index (Phi) is 3.69. The van der Waals surface area contributed by atoms with Crippen LogP contribution in [0.1, 0.15) is 27.9 Å². The van der Waals surface area contributed by atoms with Crippen molar-refractivity contribution >= 4 is 27.3 Å². The van der Waals surface area contributed by atoms with E-state index in [1.165, 1.54) is 6.07 Å². The monoisotopic (exact) mass is 304 g/mol. The van der Waals surface area contributed by atoms with Crippen LogP contribution < -0.4 is 10.5 Å². The number of aryl methyl sites for hydroxylation is 1. The molecule has 1 atom stereocenters. The lowest BCUT2D eigenvalue weighted by Gasteiger charge is -2.22. The van der Waals surface area contributed by atoms with Crippen LogP contribution in [0.5, 0.6) is 0 Å². The zero-order valence-electron chi connectivity index (χ0n) is 10.7. The minimum Gasteiger partial charge on any atom is -0.379 e. The van der Waals surface area contributed by atoms with Gasteiger partial charge in [-0.1, -0.05) is 0 Å². The first-order chi connectivity index (χ1) is 8.71. The molecule has 0 bridgehead atoms. The van der Waals surface area contributed by atoms with Crippen molar-refractivity contribution in [3.05, 3.63) is 15.8 Å². The van der Waals surface area contributed by atoms with Crippen molar-refractivity contribution < 1.29 is 17.9 Å². The van der Waals surface area contributed by atoms with E-state index in [1.54, 1.807) is 6.92 Å². The quantitative estimate of drug-likeness (QED) is 0.855. The first-order valence-electron chi connectivity index (χ1n) is 5.75. The molecule has 8 heteroatoms. The van der Waals surface area contributed by atoms with Crippen LogP contribution in [-0.4, -0.2) is 33.1 Å². The molecule has 1 aliphatic rings. The molecule has 1 fully saturated rings. The van der Waals surface area contributed by atoms with Crippen LogP contribution in [0.25, 0.3) is 0 Å². The number of nitrogens with two attached hydrogens (primary N) is 1. The highest BCUT2D eigenvalue weighted by atomic mass is 32.2. The van der Waals surface area contributed by atoms with Crippen LogP contribution in [0.2, 0.25) is 0 Å². The van der Waals surface area contributed by atoms with Gasteiger partial charge in [-0.05, 0) is 26.3 Å². The standard InChI is InChI=1S/C11H16N2O4S2/c1-7-9(19(12,15)16)5-8(18-7)10(14)13-11(2)3-4-17-6-11/h5H,3-4,6H2,1-2H3,(H,13,14)(H2,12,15,16). The van der Waals surface area contributed by atoms with E-state index < -0.39 is 15.6 Å². The van der Waals surface area contributed by atoms with Gasteiger partial charge in [0.05, 0.1) is 21.9 Å². The summed E-state index contributed by atoms with van der Waals surface area (Å²) in [5.74, 6) is -0.295. The van der Waals surface area contributed by atoms with Gasteiger partial charge in [0.1, 0.15) is 0 Å². The van der Waals surface area contributed by atoms with E-state index >= 15 is 0 Å². The second-order valence-corrected chi connectivity index (χ2v) is 7.68. The number of hydrogen-bond donors (Lipinski definition) is 2. The Morgan fingerprint density at radius 3 is 2.74 bits per heavy atom. The third-order valence-electron chi connectivity index (χ3n) is 3.04. The van der Waals surface area contributed by atoms with Crippen molar-refractivity contribution in [2.75, 3.05) is 13.2 Å². The van der Waals surface area contributed by atoms with Crippen LogP contribution in [0.4, 0.5) is 0 Å². The number of primary sulfonamides is 1. The summed E-state index contributed by atoms with van der Waals surface area (Å²) in [4.78, 5) is 13.0. The summed E-state index contributed by atoms with van der Waals surface area (Å²) < 4.78 is 27.9. The minimum atomic E-state index is -3.78. The molecule has 0 spiro atoms. The summed E-state index contributed by atoms with van der Waals surface area (Å²) in [5, 5.41) is 7.96. The molecular weight excluding hydrogens is 288 g/mol. The van der Waals surface area contributed by atoms with Gasteiger partial charge in [0.15, 0.2) is 0 Å². The first-order valence-corrected chi connectivity index (χ1v) is 8.11. The van der Waals surface area contributed by atoms with Gasteiger partial charge in [0.2, 0.25) is 10.0 Å². The Labute approximate surface area is 116 Å². The second kappa shape index (κ2) is 4.86. The van der Waals surface area contributed by atoms with Gasteiger partial charge < -0.3 is 10.1 Å². The average molecular weight is 304 g/mol. The second-order valence-electron chi connectivity index (χ2n) is 4.89. The maximum atomic E-state index is 12.1. The molecule has 0 saturated carbocycles.